The SMILES string of the molecule is Oc1c(I)cc(Cl)c2cccnc12.Oc1c(I)cc(Cl)c2cccnc12.[111In+3]. The van der Waals surface area contributed by atoms with E-state index in [0.717, 1.165) is 10.8 Å². The topological polar surface area (TPSA) is 66.2 Å². The molecule has 0 aliphatic heterocycles. The maximum atomic E-state index is 9.65. The van der Waals surface area contributed by atoms with Gasteiger partial charge in [0.15, 0.2) is 11.5 Å². The number of fused-ring (bicyclic) bond motifs is 2. The quantitative estimate of drug-likeness (QED) is 0.218. The van der Waals surface area contributed by atoms with E-state index in [2.05, 4.69) is 9.97 Å². The molecule has 2 N–H and O–H groups in total. The van der Waals surface area contributed by atoms with E-state index < -0.39 is 0 Å². The van der Waals surface area contributed by atoms with Gasteiger partial charge in [0.1, 0.15) is 11.0 Å². The summed E-state index contributed by atoms with van der Waals surface area (Å²) in [6.45, 7) is 0. The summed E-state index contributed by atoms with van der Waals surface area (Å²) in [6.07, 6.45) is 3.27. The van der Waals surface area contributed by atoms with Crippen LogP contribution in [0.3, 0.4) is 0 Å². The molecule has 0 atom stereocenters. The molecule has 0 saturated heterocycles. The molecular weight excluding hydrogens is 712 g/mol. The molecule has 0 aliphatic carbocycles. The molecule has 4 nitrogen and oxygen atoms in total. The summed E-state index contributed by atoms with van der Waals surface area (Å²) in [6, 6.07) is 10.7. The van der Waals surface area contributed by atoms with E-state index in [1.165, 1.54) is 0 Å². The number of aromatic hydroxyl groups is 2. The number of hydrogen-bond donors (Lipinski definition) is 2. The summed E-state index contributed by atoms with van der Waals surface area (Å²) >= 11 is 16.0. The van der Waals surface area contributed by atoms with Crippen molar-refractivity contribution < 1.29 is 10.2 Å². The standard InChI is InChI=1S/2C9H5ClINO.In/c2*10-6-4-7(11)9(13)8-5(6)2-1-3-12-8;/h2*1-4,13H;/q;;+3/i;;1-4. The van der Waals surface area contributed by atoms with Crippen LogP contribution in [-0.2, 0) is 0 Å². The Bertz CT molecular complexity index is 1040. The summed E-state index contributed by atoms with van der Waals surface area (Å²) in [4.78, 5) is 8.13. The minimum atomic E-state index is 0. The van der Waals surface area contributed by atoms with Gasteiger partial charge >= 0.3 is 25.8 Å². The number of hydrogen-bond acceptors (Lipinski definition) is 4. The van der Waals surface area contributed by atoms with Gasteiger partial charge in [0.2, 0.25) is 0 Å². The predicted molar refractivity (Wildman–Crippen MR) is 128 cm³/mol. The van der Waals surface area contributed by atoms with E-state index in [9.17, 15) is 10.2 Å². The first-order chi connectivity index (χ1) is 12.4. The molecule has 0 aliphatic rings. The number of nitrogens with zero attached hydrogens (tertiary/aromatic N) is 2. The van der Waals surface area contributed by atoms with Crippen molar-refractivity contribution in [1.29, 1.82) is 0 Å². The molecule has 132 valence electrons. The van der Waals surface area contributed by atoms with Crippen molar-refractivity contribution in [2.45, 2.75) is 0 Å². The fraction of sp³-hybridized carbons (Fsp3) is 0. The smallest absolute Gasteiger partial charge is 0.505 e. The van der Waals surface area contributed by atoms with Gasteiger partial charge in [0.05, 0.1) is 17.2 Å². The van der Waals surface area contributed by atoms with Crippen molar-refractivity contribution in [3.63, 3.8) is 0 Å². The van der Waals surface area contributed by atoms with Gasteiger partial charge in [-0.2, -0.15) is 0 Å². The molecule has 2 heterocycles. The minimum absolute atomic E-state index is 0. The maximum absolute atomic E-state index is 9.65. The number of aromatic nitrogens is 2. The predicted octanol–water partition coefficient (Wildman–Crippen LogP) is 6.02. The maximum Gasteiger partial charge on any atom is 3.00 e. The molecule has 0 radical (unpaired) electrons. The van der Waals surface area contributed by atoms with E-state index >= 15 is 0 Å². The Labute approximate surface area is 211 Å². The van der Waals surface area contributed by atoms with Gasteiger partial charge in [-0.15, -0.1) is 0 Å². The third-order valence-electron chi connectivity index (χ3n) is 3.54. The zero-order chi connectivity index (χ0) is 18.8. The molecule has 0 unspecified atom stereocenters. The molecule has 27 heavy (non-hydrogen) atoms. The van der Waals surface area contributed by atoms with Crippen LogP contribution < -0.4 is 0 Å². The molecular formula is C18H10Cl2I2InN2O2+3. The zero-order valence-electron chi connectivity index (χ0n) is 13.5. The van der Waals surface area contributed by atoms with Crippen molar-refractivity contribution in [3.8, 4) is 11.5 Å². The Balaban J connectivity index is 0.000000187. The van der Waals surface area contributed by atoms with Crippen LogP contribution in [0.15, 0.2) is 48.8 Å². The first-order valence-corrected chi connectivity index (χ1v) is 10.1. The van der Waals surface area contributed by atoms with Gasteiger partial charge in [0, 0.05) is 23.2 Å². The van der Waals surface area contributed by atoms with Gasteiger partial charge in [-0.05, 0) is 81.6 Å². The van der Waals surface area contributed by atoms with Gasteiger partial charge < -0.3 is 10.2 Å². The van der Waals surface area contributed by atoms with E-state index in [4.69, 9.17) is 23.2 Å². The molecule has 4 aromatic rings. The van der Waals surface area contributed by atoms with Crippen molar-refractivity contribution in [2.24, 2.45) is 0 Å². The van der Waals surface area contributed by atoms with Crippen LogP contribution in [-0.4, -0.2) is 46.0 Å². The van der Waals surface area contributed by atoms with Crippen molar-refractivity contribution in [1.82, 2.24) is 9.97 Å². The number of phenolic OH excluding ortho intramolecular Hbond substituents is 2. The average molecular weight is 722 g/mol. The Morgan fingerprint density at radius 3 is 1.48 bits per heavy atom. The van der Waals surface area contributed by atoms with Crippen molar-refractivity contribution in [3.05, 3.63) is 66.0 Å². The number of rotatable bonds is 0. The molecule has 0 saturated carbocycles. The van der Waals surface area contributed by atoms with E-state index in [1.54, 1.807) is 36.7 Å². The molecule has 2 aromatic heterocycles. The van der Waals surface area contributed by atoms with Gasteiger partial charge in [0.25, 0.3) is 0 Å². The summed E-state index contributed by atoms with van der Waals surface area (Å²) in [5, 5.41) is 22.1. The Morgan fingerprint density at radius 2 is 1.11 bits per heavy atom. The number of halogens is 4. The zero-order valence-corrected chi connectivity index (χ0v) is 22.6. The van der Waals surface area contributed by atoms with Crippen LogP contribution in [0.25, 0.3) is 21.8 Å². The van der Waals surface area contributed by atoms with Crippen molar-refractivity contribution >= 4 is 116 Å². The van der Waals surface area contributed by atoms with Crippen LogP contribution >= 0.6 is 68.4 Å². The van der Waals surface area contributed by atoms with E-state index in [1.807, 2.05) is 57.3 Å². The van der Waals surface area contributed by atoms with Gasteiger partial charge in [-0.1, -0.05) is 23.2 Å². The third-order valence-corrected chi connectivity index (χ3v) is 5.81. The van der Waals surface area contributed by atoms with Crippen molar-refractivity contribution in [2.75, 3.05) is 0 Å². The first-order valence-electron chi connectivity index (χ1n) is 7.23. The van der Waals surface area contributed by atoms with Crippen LogP contribution in [0.5, 0.6) is 11.5 Å². The number of benzene rings is 2. The van der Waals surface area contributed by atoms with Crippen LogP contribution in [0.4, 0.5) is 0 Å². The largest absolute Gasteiger partial charge is 3.00 e. The second kappa shape index (κ2) is 10.00. The fourth-order valence-corrected chi connectivity index (χ4v) is 4.34. The minimum Gasteiger partial charge on any atom is -0.505 e. The molecule has 0 bridgehead atoms. The molecule has 0 fully saturated rings. The second-order valence-corrected chi connectivity index (χ2v) is 8.32. The molecule has 2 aromatic carbocycles. The molecule has 9 heteroatoms. The van der Waals surface area contributed by atoms with E-state index in [-0.39, 0.29) is 37.3 Å². The first kappa shape index (κ1) is 23.1. The summed E-state index contributed by atoms with van der Waals surface area (Å²) in [7, 11) is 0. The fourth-order valence-electron chi connectivity index (χ4n) is 2.31. The molecule has 0 spiro atoms. The normalized spacial score (nSPS) is 10.2. The van der Waals surface area contributed by atoms with Crippen LogP contribution in [0, 0.1) is 7.14 Å². The Kier molecular flexibility index (Phi) is 8.54. The summed E-state index contributed by atoms with van der Waals surface area (Å²) in [5.74, 6) is 0.390. The average Bonchev–Trinajstić information content (AvgIpc) is 2.65. The van der Waals surface area contributed by atoms with Crippen LogP contribution in [0.2, 0.25) is 10.0 Å². The molecule has 0 amide bonds. The Hall–Kier alpha value is -0.230. The van der Waals surface area contributed by atoms with Gasteiger partial charge in [-0.25, -0.2) is 0 Å². The number of phenols is 2. The third kappa shape index (κ3) is 5.04. The monoisotopic (exact) mass is 721 g/mol. The summed E-state index contributed by atoms with van der Waals surface area (Å²) < 4.78 is 1.43. The summed E-state index contributed by atoms with van der Waals surface area (Å²) in [5.41, 5.74) is 1.11. The number of pyridine rings is 2. The second-order valence-electron chi connectivity index (χ2n) is 5.18. The van der Waals surface area contributed by atoms with Gasteiger partial charge in [-0.3, -0.25) is 9.97 Å². The molecule has 4 rings (SSSR count). The Morgan fingerprint density at radius 1 is 0.741 bits per heavy atom. The van der Waals surface area contributed by atoms with E-state index in [0.29, 0.717) is 28.2 Å². The van der Waals surface area contributed by atoms with Crippen LogP contribution in [0.1, 0.15) is 0 Å².